The minimum absolute atomic E-state index is 0.0959. The molecule has 1 N–H and O–H groups in total. The van der Waals surface area contributed by atoms with Crippen LogP contribution in [0.4, 0.5) is 0 Å². The summed E-state index contributed by atoms with van der Waals surface area (Å²) in [4.78, 5) is 0. The van der Waals surface area contributed by atoms with Gasteiger partial charge in [0.1, 0.15) is 5.75 Å². The fourth-order valence-electron chi connectivity index (χ4n) is 1.51. The normalized spacial score (nSPS) is 10.9. The maximum absolute atomic E-state index is 6.15. The lowest BCUT2D eigenvalue weighted by Crippen LogP contribution is -2.16. The molecule has 0 amide bonds. The molecule has 1 aromatic rings. The van der Waals surface area contributed by atoms with E-state index in [1.165, 1.54) is 0 Å². The molecule has 0 aliphatic heterocycles. The highest BCUT2D eigenvalue weighted by Crippen LogP contribution is 2.33. The minimum Gasteiger partial charge on any atom is -0.489 e. The molecule has 0 aromatic heterocycles. The van der Waals surface area contributed by atoms with E-state index in [-0.39, 0.29) is 6.10 Å². The van der Waals surface area contributed by atoms with E-state index in [4.69, 9.17) is 27.9 Å². The van der Waals surface area contributed by atoms with Crippen LogP contribution < -0.4 is 10.1 Å². The summed E-state index contributed by atoms with van der Waals surface area (Å²) in [5.74, 6) is 0.731. The zero-order chi connectivity index (χ0) is 12.8. The van der Waals surface area contributed by atoms with Crippen molar-refractivity contribution < 1.29 is 4.74 Å². The van der Waals surface area contributed by atoms with Gasteiger partial charge in [0.2, 0.25) is 0 Å². The first-order valence-corrected chi connectivity index (χ1v) is 6.65. The van der Waals surface area contributed by atoms with Crippen molar-refractivity contribution in [1.82, 2.24) is 5.32 Å². The number of hydrogen-bond donors (Lipinski definition) is 1. The van der Waals surface area contributed by atoms with Gasteiger partial charge in [0.15, 0.2) is 0 Å². The van der Waals surface area contributed by atoms with E-state index in [0.717, 1.165) is 30.8 Å². The van der Waals surface area contributed by atoms with Crippen LogP contribution in [0.15, 0.2) is 12.1 Å². The maximum atomic E-state index is 6.15. The Morgan fingerprint density at radius 3 is 2.59 bits per heavy atom. The Morgan fingerprint density at radius 1 is 1.29 bits per heavy atom. The average molecular weight is 276 g/mol. The first-order valence-electron chi connectivity index (χ1n) is 5.89. The van der Waals surface area contributed by atoms with Crippen LogP contribution in [0.5, 0.6) is 5.75 Å². The molecule has 96 valence electrons. The van der Waals surface area contributed by atoms with Crippen molar-refractivity contribution >= 4 is 23.2 Å². The largest absolute Gasteiger partial charge is 0.489 e. The minimum atomic E-state index is 0.0959. The lowest BCUT2D eigenvalue weighted by atomic mass is 10.2. The molecule has 2 nitrogen and oxygen atoms in total. The van der Waals surface area contributed by atoms with Gasteiger partial charge in [0, 0.05) is 17.1 Å². The Morgan fingerprint density at radius 2 is 2.00 bits per heavy atom. The van der Waals surface area contributed by atoms with Crippen molar-refractivity contribution in [3.8, 4) is 5.75 Å². The van der Waals surface area contributed by atoms with Gasteiger partial charge >= 0.3 is 0 Å². The zero-order valence-electron chi connectivity index (χ0n) is 10.5. The van der Waals surface area contributed by atoms with Crippen LogP contribution in [-0.2, 0) is 6.54 Å². The molecule has 4 heteroatoms. The molecule has 17 heavy (non-hydrogen) atoms. The monoisotopic (exact) mass is 275 g/mol. The second kappa shape index (κ2) is 7.10. The zero-order valence-corrected chi connectivity index (χ0v) is 12.0. The van der Waals surface area contributed by atoms with Gasteiger partial charge in [-0.15, -0.1) is 0 Å². The second-order valence-electron chi connectivity index (χ2n) is 4.22. The number of halogens is 2. The predicted octanol–water partition coefficient (Wildman–Crippen LogP) is 4.28. The van der Waals surface area contributed by atoms with E-state index in [1.54, 1.807) is 6.07 Å². The van der Waals surface area contributed by atoms with Gasteiger partial charge < -0.3 is 10.1 Å². The molecule has 0 aliphatic carbocycles. The Hall–Kier alpha value is -0.440. The molecule has 0 unspecified atom stereocenters. The van der Waals surface area contributed by atoms with Gasteiger partial charge in [-0.2, -0.15) is 0 Å². The lowest BCUT2D eigenvalue weighted by Gasteiger charge is -2.16. The molecule has 0 saturated heterocycles. The van der Waals surface area contributed by atoms with Gasteiger partial charge in [-0.3, -0.25) is 0 Å². The first kappa shape index (κ1) is 14.6. The molecular formula is C13H19Cl2NO. The summed E-state index contributed by atoms with van der Waals surface area (Å²) in [6, 6.07) is 3.61. The van der Waals surface area contributed by atoms with E-state index in [0.29, 0.717) is 10.0 Å². The summed E-state index contributed by atoms with van der Waals surface area (Å²) in [5, 5.41) is 4.53. The Kier molecular flexibility index (Phi) is 6.10. The van der Waals surface area contributed by atoms with E-state index >= 15 is 0 Å². The van der Waals surface area contributed by atoms with Crippen LogP contribution in [0.1, 0.15) is 32.8 Å². The number of nitrogens with one attached hydrogen (secondary N) is 1. The first-order chi connectivity index (χ1) is 8.04. The van der Waals surface area contributed by atoms with E-state index in [2.05, 4.69) is 12.2 Å². The highest BCUT2D eigenvalue weighted by Gasteiger charge is 2.11. The van der Waals surface area contributed by atoms with Crippen molar-refractivity contribution in [2.24, 2.45) is 0 Å². The smallest absolute Gasteiger partial charge is 0.142 e. The van der Waals surface area contributed by atoms with Gasteiger partial charge in [0.05, 0.1) is 11.1 Å². The maximum Gasteiger partial charge on any atom is 0.142 e. The fourth-order valence-corrected chi connectivity index (χ4v) is 2.09. The summed E-state index contributed by atoms with van der Waals surface area (Å²) >= 11 is 12.2. The summed E-state index contributed by atoms with van der Waals surface area (Å²) in [6.07, 6.45) is 1.19. The van der Waals surface area contributed by atoms with Crippen LogP contribution >= 0.6 is 23.2 Å². The number of ether oxygens (including phenoxy) is 1. The molecule has 0 heterocycles. The molecule has 0 bridgehead atoms. The van der Waals surface area contributed by atoms with Crippen molar-refractivity contribution in [1.29, 1.82) is 0 Å². The van der Waals surface area contributed by atoms with Crippen molar-refractivity contribution in [3.05, 3.63) is 27.7 Å². The molecule has 0 aliphatic rings. The predicted molar refractivity (Wildman–Crippen MR) is 74.2 cm³/mol. The third-order valence-corrected chi connectivity index (χ3v) is 2.68. The SMILES string of the molecule is CCCNCc1cc(Cl)cc(Cl)c1OC(C)C. The van der Waals surface area contributed by atoms with E-state index in [1.807, 2.05) is 19.9 Å². The Labute approximate surface area is 113 Å². The standard InChI is InChI=1S/C13H19Cl2NO/c1-4-5-16-8-10-6-11(14)7-12(15)13(10)17-9(2)3/h6-7,9,16H,4-5,8H2,1-3H3. The van der Waals surface area contributed by atoms with Crippen molar-refractivity contribution in [3.63, 3.8) is 0 Å². The lowest BCUT2D eigenvalue weighted by molar-refractivity contribution is 0.239. The van der Waals surface area contributed by atoms with Crippen LogP contribution in [0.3, 0.4) is 0 Å². The van der Waals surface area contributed by atoms with Gasteiger partial charge in [0.25, 0.3) is 0 Å². The van der Waals surface area contributed by atoms with Gasteiger partial charge in [-0.1, -0.05) is 30.1 Å². The average Bonchev–Trinajstić information content (AvgIpc) is 2.23. The Balaban J connectivity index is 2.90. The molecule has 0 fully saturated rings. The molecule has 0 saturated carbocycles. The topological polar surface area (TPSA) is 21.3 Å². The molecule has 0 radical (unpaired) electrons. The van der Waals surface area contributed by atoms with Crippen LogP contribution in [0, 0.1) is 0 Å². The molecule has 1 rings (SSSR count). The highest BCUT2D eigenvalue weighted by molar-refractivity contribution is 6.35. The van der Waals surface area contributed by atoms with Crippen LogP contribution in [-0.4, -0.2) is 12.6 Å². The highest BCUT2D eigenvalue weighted by atomic mass is 35.5. The molecule has 1 aromatic carbocycles. The number of benzene rings is 1. The third-order valence-electron chi connectivity index (χ3n) is 2.18. The Bertz CT molecular complexity index is 367. The van der Waals surface area contributed by atoms with E-state index < -0.39 is 0 Å². The van der Waals surface area contributed by atoms with Gasteiger partial charge in [-0.05, 0) is 38.9 Å². The molecule has 0 spiro atoms. The summed E-state index contributed by atoms with van der Waals surface area (Å²) in [6.45, 7) is 7.77. The van der Waals surface area contributed by atoms with Crippen molar-refractivity contribution in [2.45, 2.75) is 39.8 Å². The second-order valence-corrected chi connectivity index (χ2v) is 5.06. The number of hydrogen-bond acceptors (Lipinski definition) is 2. The fraction of sp³-hybridized carbons (Fsp3) is 0.538. The van der Waals surface area contributed by atoms with Crippen LogP contribution in [0.2, 0.25) is 10.0 Å². The van der Waals surface area contributed by atoms with Crippen LogP contribution in [0.25, 0.3) is 0 Å². The summed E-state index contributed by atoms with van der Waals surface area (Å²) in [7, 11) is 0. The van der Waals surface area contributed by atoms with E-state index in [9.17, 15) is 0 Å². The molecule has 0 atom stereocenters. The number of rotatable bonds is 6. The summed E-state index contributed by atoms with van der Waals surface area (Å²) < 4.78 is 5.73. The molecular weight excluding hydrogens is 257 g/mol. The van der Waals surface area contributed by atoms with Crippen molar-refractivity contribution in [2.75, 3.05) is 6.54 Å². The summed E-state index contributed by atoms with van der Waals surface area (Å²) in [5.41, 5.74) is 1.00. The quantitative estimate of drug-likeness (QED) is 0.783. The van der Waals surface area contributed by atoms with Gasteiger partial charge in [-0.25, -0.2) is 0 Å². The third kappa shape index (κ3) is 4.74.